The number of hydrogen-bond acceptors (Lipinski definition) is 2. The van der Waals surface area contributed by atoms with E-state index >= 15 is 0 Å². The van der Waals surface area contributed by atoms with Gasteiger partial charge in [0.2, 0.25) is 0 Å². The fourth-order valence-corrected chi connectivity index (χ4v) is 1.61. The maximum atomic E-state index is 10.6. The highest BCUT2D eigenvalue weighted by atomic mass is 16.5. The van der Waals surface area contributed by atoms with E-state index in [0.29, 0.717) is 12.8 Å². The fourth-order valence-electron chi connectivity index (χ4n) is 1.61. The SMILES string of the molecule is CC1CC(C(=O)O)CC(C)O1. The Morgan fingerprint density at radius 2 is 1.82 bits per heavy atom. The third-order valence-corrected chi connectivity index (χ3v) is 2.05. The summed E-state index contributed by atoms with van der Waals surface area (Å²) in [4.78, 5) is 10.6. The Labute approximate surface area is 66.4 Å². The topological polar surface area (TPSA) is 46.5 Å². The molecule has 0 saturated carbocycles. The Balaban J connectivity index is 2.49. The molecular formula is C8H14O3. The molecule has 2 atom stereocenters. The van der Waals surface area contributed by atoms with Crippen molar-refractivity contribution >= 4 is 5.97 Å². The van der Waals surface area contributed by atoms with Crippen LogP contribution in [0.25, 0.3) is 0 Å². The second kappa shape index (κ2) is 3.22. The molecule has 1 aliphatic rings. The predicted molar refractivity (Wildman–Crippen MR) is 40.4 cm³/mol. The molecule has 3 heteroatoms. The zero-order chi connectivity index (χ0) is 8.43. The molecular weight excluding hydrogens is 144 g/mol. The average Bonchev–Trinajstić information content (AvgIpc) is 1.85. The summed E-state index contributed by atoms with van der Waals surface area (Å²) in [5, 5.41) is 8.72. The fraction of sp³-hybridized carbons (Fsp3) is 0.875. The monoisotopic (exact) mass is 158 g/mol. The summed E-state index contributed by atoms with van der Waals surface area (Å²) >= 11 is 0. The largest absolute Gasteiger partial charge is 0.481 e. The van der Waals surface area contributed by atoms with Crippen molar-refractivity contribution in [2.45, 2.75) is 38.9 Å². The molecule has 0 amide bonds. The summed E-state index contributed by atoms with van der Waals surface area (Å²) in [6.07, 6.45) is 1.50. The lowest BCUT2D eigenvalue weighted by molar-refractivity contribution is -0.149. The Morgan fingerprint density at radius 3 is 2.18 bits per heavy atom. The van der Waals surface area contributed by atoms with Gasteiger partial charge in [0.05, 0.1) is 18.1 Å². The first-order valence-corrected chi connectivity index (χ1v) is 3.98. The maximum Gasteiger partial charge on any atom is 0.306 e. The van der Waals surface area contributed by atoms with Gasteiger partial charge in [-0.1, -0.05) is 0 Å². The summed E-state index contributed by atoms with van der Waals surface area (Å²) < 4.78 is 5.40. The molecule has 2 unspecified atom stereocenters. The molecule has 0 bridgehead atoms. The lowest BCUT2D eigenvalue weighted by Crippen LogP contribution is -2.33. The minimum atomic E-state index is -0.688. The van der Waals surface area contributed by atoms with Gasteiger partial charge >= 0.3 is 5.97 Å². The van der Waals surface area contributed by atoms with E-state index in [1.807, 2.05) is 13.8 Å². The molecule has 1 N–H and O–H groups in total. The molecule has 3 nitrogen and oxygen atoms in total. The molecule has 0 aromatic heterocycles. The number of carboxylic acids is 1. The van der Waals surface area contributed by atoms with E-state index in [-0.39, 0.29) is 18.1 Å². The normalized spacial score (nSPS) is 38.5. The first-order chi connectivity index (χ1) is 5.09. The molecule has 0 aromatic carbocycles. The van der Waals surface area contributed by atoms with Crippen LogP contribution in [0.3, 0.4) is 0 Å². The summed E-state index contributed by atoms with van der Waals surface area (Å²) in [5.74, 6) is -0.888. The van der Waals surface area contributed by atoms with E-state index in [1.54, 1.807) is 0 Å². The van der Waals surface area contributed by atoms with Gasteiger partial charge in [-0.05, 0) is 26.7 Å². The van der Waals surface area contributed by atoms with Crippen molar-refractivity contribution in [1.29, 1.82) is 0 Å². The van der Waals surface area contributed by atoms with Crippen molar-refractivity contribution in [3.63, 3.8) is 0 Å². The molecule has 64 valence electrons. The molecule has 1 heterocycles. The molecule has 0 radical (unpaired) electrons. The van der Waals surface area contributed by atoms with Crippen LogP contribution in [-0.4, -0.2) is 23.3 Å². The van der Waals surface area contributed by atoms with Crippen LogP contribution in [0.2, 0.25) is 0 Å². The molecule has 0 aromatic rings. The van der Waals surface area contributed by atoms with E-state index < -0.39 is 5.97 Å². The number of ether oxygens (including phenoxy) is 1. The Hall–Kier alpha value is -0.570. The van der Waals surface area contributed by atoms with Crippen molar-refractivity contribution in [1.82, 2.24) is 0 Å². The van der Waals surface area contributed by atoms with Crippen LogP contribution in [0.15, 0.2) is 0 Å². The van der Waals surface area contributed by atoms with Crippen LogP contribution in [0.4, 0.5) is 0 Å². The predicted octanol–water partition coefficient (Wildman–Crippen LogP) is 1.27. The Kier molecular flexibility index (Phi) is 2.49. The van der Waals surface area contributed by atoms with E-state index in [4.69, 9.17) is 9.84 Å². The van der Waals surface area contributed by atoms with Gasteiger partial charge in [0.1, 0.15) is 0 Å². The van der Waals surface area contributed by atoms with Crippen molar-refractivity contribution in [2.75, 3.05) is 0 Å². The number of aliphatic carboxylic acids is 1. The minimum Gasteiger partial charge on any atom is -0.481 e. The molecule has 11 heavy (non-hydrogen) atoms. The maximum absolute atomic E-state index is 10.6. The molecule has 0 aliphatic carbocycles. The standard InChI is InChI=1S/C8H14O3/c1-5-3-7(8(9)10)4-6(2)11-5/h5-7H,3-4H2,1-2H3,(H,9,10). The van der Waals surface area contributed by atoms with Crippen molar-refractivity contribution in [2.24, 2.45) is 5.92 Å². The van der Waals surface area contributed by atoms with Gasteiger partial charge < -0.3 is 9.84 Å². The van der Waals surface area contributed by atoms with Crippen LogP contribution in [0.1, 0.15) is 26.7 Å². The summed E-state index contributed by atoms with van der Waals surface area (Å²) in [5.41, 5.74) is 0. The zero-order valence-electron chi connectivity index (χ0n) is 6.91. The molecule has 1 saturated heterocycles. The number of carbonyl (C=O) groups is 1. The van der Waals surface area contributed by atoms with Crippen LogP contribution in [0.5, 0.6) is 0 Å². The van der Waals surface area contributed by atoms with Gasteiger partial charge in [-0.25, -0.2) is 0 Å². The molecule has 1 fully saturated rings. The summed E-state index contributed by atoms with van der Waals surface area (Å²) in [6, 6.07) is 0. The van der Waals surface area contributed by atoms with Crippen LogP contribution in [-0.2, 0) is 9.53 Å². The highest BCUT2D eigenvalue weighted by Gasteiger charge is 2.28. The van der Waals surface area contributed by atoms with Crippen LogP contribution < -0.4 is 0 Å². The zero-order valence-corrected chi connectivity index (χ0v) is 6.91. The van der Waals surface area contributed by atoms with Crippen LogP contribution in [0, 0.1) is 5.92 Å². The van der Waals surface area contributed by atoms with Gasteiger partial charge in [0.25, 0.3) is 0 Å². The van der Waals surface area contributed by atoms with Crippen molar-refractivity contribution in [3.8, 4) is 0 Å². The van der Waals surface area contributed by atoms with Gasteiger partial charge in [-0.2, -0.15) is 0 Å². The molecule has 1 rings (SSSR count). The lowest BCUT2D eigenvalue weighted by atomic mass is 9.93. The number of rotatable bonds is 1. The second-order valence-corrected chi connectivity index (χ2v) is 3.26. The highest BCUT2D eigenvalue weighted by Crippen LogP contribution is 2.24. The second-order valence-electron chi connectivity index (χ2n) is 3.26. The Bertz CT molecular complexity index is 145. The van der Waals surface area contributed by atoms with Crippen LogP contribution >= 0.6 is 0 Å². The van der Waals surface area contributed by atoms with E-state index in [2.05, 4.69) is 0 Å². The minimum absolute atomic E-state index is 0.0971. The van der Waals surface area contributed by atoms with Gasteiger partial charge in [0.15, 0.2) is 0 Å². The lowest BCUT2D eigenvalue weighted by Gasteiger charge is -2.29. The van der Waals surface area contributed by atoms with Gasteiger partial charge in [-0.15, -0.1) is 0 Å². The van der Waals surface area contributed by atoms with E-state index in [0.717, 1.165) is 0 Å². The Morgan fingerprint density at radius 1 is 1.36 bits per heavy atom. The first-order valence-electron chi connectivity index (χ1n) is 3.98. The molecule has 0 spiro atoms. The quantitative estimate of drug-likeness (QED) is 0.625. The molecule has 1 aliphatic heterocycles. The third-order valence-electron chi connectivity index (χ3n) is 2.05. The average molecular weight is 158 g/mol. The summed E-state index contributed by atoms with van der Waals surface area (Å²) in [7, 11) is 0. The van der Waals surface area contributed by atoms with Crippen molar-refractivity contribution < 1.29 is 14.6 Å². The number of hydrogen-bond donors (Lipinski definition) is 1. The highest BCUT2D eigenvalue weighted by molar-refractivity contribution is 5.70. The van der Waals surface area contributed by atoms with E-state index in [1.165, 1.54) is 0 Å². The smallest absolute Gasteiger partial charge is 0.306 e. The van der Waals surface area contributed by atoms with Gasteiger partial charge in [-0.3, -0.25) is 4.79 Å². The third kappa shape index (κ3) is 2.19. The van der Waals surface area contributed by atoms with Gasteiger partial charge in [0, 0.05) is 0 Å². The van der Waals surface area contributed by atoms with Crippen molar-refractivity contribution in [3.05, 3.63) is 0 Å². The number of carboxylic acid groups (broad SMARTS) is 1. The summed E-state index contributed by atoms with van der Waals surface area (Å²) in [6.45, 7) is 3.84. The van der Waals surface area contributed by atoms with E-state index in [9.17, 15) is 4.79 Å². The first kappa shape index (κ1) is 8.53.